The molecule has 1 aromatic carbocycles. The van der Waals surface area contributed by atoms with Gasteiger partial charge in [0.15, 0.2) is 5.13 Å². The monoisotopic (exact) mass is 408 g/mol. The number of amides is 1. The summed E-state index contributed by atoms with van der Waals surface area (Å²) < 4.78 is 13.7. The maximum Gasteiger partial charge on any atom is 0.273 e. The number of thiazole rings is 1. The lowest BCUT2D eigenvalue weighted by Crippen LogP contribution is -2.27. The molecule has 3 heterocycles. The molecule has 9 heteroatoms. The van der Waals surface area contributed by atoms with Crippen LogP contribution in [0.25, 0.3) is 10.9 Å². The van der Waals surface area contributed by atoms with Gasteiger partial charge in [-0.25, -0.2) is 19.3 Å². The van der Waals surface area contributed by atoms with Crippen LogP contribution in [0, 0.1) is 5.82 Å². The Morgan fingerprint density at radius 1 is 1.28 bits per heavy atom. The molecule has 1 aliphatic carbocycles. The van der Waals surface area contributed by atoms with Crippen molar-refractivity contribution in [3.8, 4) is 0 Å². The summed E-state index contributed by atoms with van der Waals surface area (Å²) in [6, 6.07) is 8.15. The Hall–Kier alpha value is -3.33. The van der Waals surface area contributed by atoms with Gasteiger partial charge in [0.1, 0.15) is 23.7 Å². The van der Waals surface area contributed by atoms with Crippen molar-refractivity contribution in [1.29, 1.82) is 0 Å². The second kappa shape index (κ2) is 7.25. The standard InChI is InChI=1S/C20H17FN6OS/c21-11-3-5-14-13(8-11)18(24-10-23-14)25-12-4-6-15-17(9-12)29-20(26-15)27-19(28)16-2-1-7-22-16/h1-3,5,7-8,10,12,22H,4,6,9H2,(H,23,24,25)(H,26,27,28). The van der Waals surface area contributed by atoms with Crippen LogP contribution in [0.15, 0.2) is 42.9 Å². The second-order valence-electron chi connectivity index (χ2n) is 6.89. The zero-order chi connectivity index (χ0) is 19.8. The van der Waals surface area contributed by atoms with Gasteiger partial charge in [-0.15, -0.1) is 11.3 Å². The maximum atomic E-state index is 13.7. The van der Waals surface area contributed by atoms with Crippen LogP contribution >= 0.6 is 11.3 Å². The van der Waals surface area contributed by atoms with Crippen LogP contribution in [0.4, 0.5) is 15.3 Å². The molecule has 0 saturated carbocycles. The molecule has 0 spiro atoms. The highest BCUT2D eigenvalue weighted by molar-refractivity contribution is 7.15. The third-order valence-corrected chi connectivity index (χ3v) is 5.98. The number of H-pyrrole nitrogens is 1. The zero-order valence-corrected chi connectivity index (χ0v) is 16.1. The number of benzene rings is 1. The molecule has 29 heavy (non-hydrogen) atoms. The summed E-state index contributed by atoms with van der Waals surface area (Å²) >= 11 is 1.49. The first kappa shape index (κ1) is 17.7. The Labute approximate surface area is 169 Å². The minimum atomic E-state index is -0.314. The molecule has 1 amide bonds. The number of hydrogen-bond donors (Lipinski definition) is 3. The number of nitrogens with zero attached hydrogens (tertiary/aromatic N) is 3. The Morgan fingerprint density at radius 2 is 2.21 bits per heavy atom. The molecule has 4 aromatic rings. The highest BCUT2D eigenvalue weighted by atomic mass is 32.1. The Kier molecular flexibility index (Phi) is 4.44. The van der Waals surface area contributed by atoms with Crippen molar-refractivity contribution in [3.05, 3.63) is 64.9 Å². The summed E-state index contributed by atoms with van der Waals surface area (Å²) in [6.45, 7) is 0. The van der Waals surface area contributed by atoms with Crippen LogP contribution in [0.3, 0.4) is 0 Å². The van der Waals surface area contributed by atoms with E-state index in [4.69, 9.17) is 0 Å². The lowest BCUT2D eigenvalue weighted by molar-refractivity contribution is 0.102. The molecule has 3 N–H and O–H groups in total. The van der Waals surface area contributed by atoms with Gasteiger partial charge in [-0.1, -0.05) is 0 Å². The molecular weight excluding hydrogens is 391 g/mol. The van der Waals surface area contributed by atoms with Crippen molar-refractivity contribution in [2.24, 2.45) is 0 Å². The minimum absolute atomic E-state index is 0.149. The van der Waals surface area contributed by atoms with E-state index in [1.54, 1.807) is 24.4 Å². The van der Waals surface area contributed by atoms with E-state index in [2.05, 4.69) is 30.6 Å². The number of carbonyl (C=O) groups excluding carboxylic acids is 1. The number of nitrogens with one attached hydrogen (secondary N) is 3. The number of aromatic nitrogens is 4. The summed E-state index contributed by atoms with van der Waals surface area (Å²) in [7, 11) is 0. The molecule has 3 aromatic heterocycles. The highest BCUT2D eigenvalue weighted by Crippen LogP contribution is 2.32. The van der Waals surface area contributed by atoms with Crippen molar-refractivity contribution in [2.75, 3.05) is 10.6 Å². The van der Waals surface area contributed by atoms with Crippen molar-refractivity contribution < 1.29 is 9.18 Å². The Morgan fingerprint density at radius 3 is 3.07 bits per heavy atom. The first-order valence-electron chi connectivity index (χ1n) is 9.26. The van der Waals surface area contributed by atoms with Crippen LogP contribution in [-0.2, 0) is 12.8 Å². The largest absolute Gasteiger partial charge is 0.366 e. The molecule has 146 valence electrons. The SMILES string of the molecule is O=C(Nc1nc2c(s1)CC(Nc1ncnc3ccc(F)cc13)CC2)c1ccc[nH]1. The number of hydrogen-bond acceptors (Lipinski definition) is 6. The smallest absolute Gasteiger partial charge is 0.273 e. The normalized spacial score (nSPS) is 15.8. The quantitative estimate of drug-likeness (QED) is 0.478. The van der Waals surface area contributed by atoms with E-state index in [0.717, 1.165) is 29.8 Å². The van der Waals surface area contributed by atoms with Crippen LogP contribution < -0.4 is 10.6 Å². The average Bonchev–Trinajstić information content (AvgIpc) is 3.37. The highest BCUT2D eigenvalue weighted by Gasteiger charge is 2.24. The fourth-order valence-electron chi connectivity index (χ4n) is 3.52. The van der Waals surface area contributed by atoms with Gasteiger partial charge in [0.2, 0.25) is 0 Å². The summed E-state index contributed by atoms with van der Waals surface area (Å²) in [6.07, 6.45) is 5.64. The molecule has 0 bridgehead atoms. The zero-order valence-electron chi connectivity index (χ0n) is 15.3. The number of aromatic amines is 1. The molecule has 1 unspecified atom stereocenters. The lowest BCUT2D eigenvalue weighted by Gasteiger charge is -2.23. The Balaban J connectivity index is 1.32. The first-order valence-corrected chi connectivity index (χ1v) is 10.1. The van der Waals surface area contributed by atoms with Gasteiger partial charge < -0.3 is 10.3 Å². The van der Waals surface area contributed by atoms with E-state index in [9.17, 15) is 9.18 Å². The fourth-order valence-corrected chi connectivity index (χ4v) is 4.61. The lowest BCUT2D eigenvalue weighted by atomic mass is 9.97. The third kappa shape index (κ3) is 3.56. The number of fused-ring (bicyclic) bond motifs is 2. The average molecular weight is 408 g/mol. The third-order valence-electron chi connectivity index (χ3n) is 4.94. The van der Waals surface area contributed by atoms with Crippen LogP contribution in [0.5, 0.6) is 0 Å². The predicted octanol–water partition coefficient (Wildman–Crippen LogP) is 3.78. The number of halogens is 1. The van der Waals surface area contributed by atoms with E-state index in [-0.39, 0.29) is 17.8 Å². The van der Waals surface area contributed by atoms with E-state index in [1.807, 2.05) is 0 Å². The second-order valence-corrected chi connectivity index (χ2v) is 7.98. The number of carbonyl (C=O) groups is 1. The molecule has 1 aliphatic rings. The van der Waals surface area contributed by atoms with Gasteiger partial charge in [-0.05, 0) is 43.2 Å². The minimum Gasteiger partial charge on any atom is -0.366 e. The van der Waals surface area contributed by atoms with Gasteiger partial charge in [-0.3, -0.25) is 10.1 Å². The molecule has 5 rings (SSSR count). The number of anilines is 2. The molecular formula is C20H17FN6OS. The van der Waals surface area contributed by atoms with E-state index < -0.39 is 0 Å². The van der Waals surface area contributed by atoms with Gasteiger partial charge in [0.05, 0.1) is 11.2 Å². The summed E-state index contributed by atoms with van der Waals surface area (Å²) in [5, 5.41) is 7.55. The summed E-state index contributed by atoms with van der Waals surface area (Å²) in [5.41, 5.74) is 2.22. The van der Waals surface area contributed by atoms with Gasteiger partial charge in [-0.2, -0.15) is 0 Å². The predicted molar refractivity (Wildman–Crippen MR) is 110 cm³/mol. The summed E-state index contributed by atoms with van der Waals surface area (Å²) in [4.78, 5) is 29.3. The van der Waals surface area contributed by atoms with E-state index in [1.165, 1.54) is 29.8 Å². The molecule has 0 saturated heterocycles. The Bertz CT molecular complexity index is 1190. The van der Waals surface area contributed by atoms with E-state index >= 15 is 0 Å². The van der Waals surface area contributed by atoms with Crippen LogP contribution in [0.1, 0.15) is 27.5 Å². The summed E-state index contributed by atoms with van der Waals surface area (Å²) in [5.74, 6) is 0.115. The topological polar surface area (TPSA) is 95.6 Å². The first-order chi connectivity index (χ1) is 14.2. The van der Waals surface area contributed by atoms with Crippen molar-refractivity contribution in [3.63, 3.8) is 0 Å². The van der Waals surface area contributed by atoms with Crippen molar-refractivity contribution >= 4 is 39.1 Å². The molecule has 7 nitrogen and oxygen atoms in total. The fraction of sp³-hybridized carbons (Fsp3) is 0.200. The van der Waals surface area contributed by atoms with Gasteiger partial charge >= 0.3 is 0 Å². The van der Waals surface area contributed by atoms with Gasteiger partial charge in [0, 0.05) is 28.9 Å². The van der Waals surface area contributed by atoms with Crippen LogP contribution in [0.2, 0.25) is 0 Å². The van der Waals surface area contributed by atoms with Crippen molar-refractivity contribution in [2.45, 2.75) is 25.3 Å². The molecule has 0 aliphatic heterocycles. The number of aryl methyl sites for hydroxylation is 1. The molecule has 0 fully saturated rings. The molecule has 1 atom stereocenters. The number of rotatable bonds is 4. The molecule has 0 radical (unpaired) electrons. The maximum absolute atomic E-state index is 13.7. The van der Waals surface area contributed by atoms with E-state index in [0.29, 0.717) is 27.5 Å². The van der Waals surface area contributed by atoms with Crippen molar-refractivity contribution in [1.82, 2.24) is 19.9 Å². The van der Waals surface area contributed by atoms with Crippen LogP contribution in [-0.4, -0.2) is 31.9 Å². The van der Waals surface area contributed by atoms with Gasteiger partial charge in [0.25, 0.3) is 5.91 Å².